The maximum absolute atomic E-state index is 12.4. The molecule has 2 aromatic rings. The molecule has 2 aromatic carbocycles. The van der Waals surface area contributed by atoms with Gasteiger partial charge in [-0.1, -0.05) is 12.1 Å². The summed E-state index contributed by atoms with van der Waals surface area (Å²) in [6.45, 7) is 3.76. The molecule has 29 heavy (non-hydrogen) atoms. The summed E-state index contributed by atoms with van der Waals surface area (Å²) >= 11 is 1.62. The van der Waals surface area contributed by atoms with E-state index < -0.39 is 17.8 Å². The van der Waals surface area contributed by atoms with Gasteiger partial charge >= 0.3 is 5.97 Å². The Kier molecular flexibility index (Phi) is 6.59. The SMILES string of the molecule is CSc1ccc(N2CC(C(=O)OCC(=O)Nc3cccc(C)c3C)CC2=O)cc1. The van der Waals surface area contributed by atoms with Crippen LogP contribution in [0.15, 0.2) is 47.4 Å². The second kappa shape index (κ2) is 9.13. The normalized spacial score (nSPS) is 16.0. The molecule has 1 unspecified atom stereocenters. The van der Waals surface area contributed by atoms with E-state index in [1.54, 1.807) is 22.7 Å². The standard InChI is InChI=1S/C22H24N2O4S/c1-14-5-4-6-19(15(14)2)23-20(25)13-28-22(27)16-11-21(26)24(12-16)17-7-9-18(29-3)10-8-17/h4-10,16H,11-13H2,1-3H3,(H,23,25). The molecule has 7 heteroatoms. The maximum atomic E-state index is 12.4. The Morgan fingerprint density at radius 1 is 1.17 bits per heavy atom. The first-order valence-corrected chi connectivity index (χ1v) is 10.6. The second-order valence-electron chi connectivity index (χ2n) is 7.01. The number of carbonyl (C=O) groups excluding carboxylic acids is 3. The van der Waals surface area contributed by atoms with Crippen LogP contribution < -0.4 is 10.2 Å². The van der Waals surface area contributed by atoms with Crippen LogP contribution in [0.25, 0.3) is 0 Å². The van der Waals surface area contributed by atoms with E-state index in [0.29, 0.717) is 5.69 Å². The van der Waals surface area contributed by atoms with E-state index in [2.05, 4.69) is 5.32 Å². The minimum atomic E-state index is -0.573. The lowest BCUT2D eigenvalue weighted by Gasteiger charge is -2.17. The Morgan fingerprint density at radius 3 is 2.59 bits per heavy atom. The van der Waals surface area contributed by atoms with Crippen molar-refractivity contribution in [3.8, 4) is 0 Å². The molecule has 0 saturated carbocycles. The molecule has 1 N–H and O–H groups in total. The molecule has 1 fully saturated rings. The summed E-state index contributed by atoms with van der Waals surface area (Å²) < 4.78 is 5.17. The van der Waals surface area contributed by atoms with Crippen LogP contribution in [-0.2, 0) is 19.1 Å². The monoisotopic (exact) mass is 412 g/mol. The summed E-state index contributed by atoms with van der Waals surface area (Å²) in [5, 5.41) is 2.76. The first-order valence-electron chi connectivity index (χ1n) is 9.36. The molecule has 6 nitrogen and oxygen atoms in total. The van der Waals surface area contributed by atoms with Gasteiger partial charge in [-0.25, -0.2) is 0 Å². The zero-order valence-electron chi connectivity index (χ0n) is 16.7. The lowest BCUT2D eigenvalue weighted by atomic mass is 10.1. The number of amides is 2. The van der Waals surface area contributed by atoms with E-state index in [1.165, 1.54) is 0 Å². The minimum Gasteiger partial charge on any atom is -0.455 e. The Balaban J connectivity index is 1.53. The van der Waals surface area contributed by atoms with Gasteiger partial charge < -0.3 is 15.0 Å². The first-order chi connectivity index (χ1) is 13.9. The third-order valence-corrected chi connectivity index (χ3v) is 5.81. The molecule has 1 heterocycles. The number of thioether (sulfide) groups is 1. The number of rotatable bonds is 6. The van der Waals surface area contributed by atoms with Gasteiger partial charge in [-0.3, -0.25) is 14.4 Å². The first kappa shape index (κ1) is 20.9. The van der Waals surface area contributed by atoms with Crippen LogP contribution in [-0.4, -0.2) is 37.2 Å². The molecule has 1 atom stereocenters. The van der Waals surface area contributed by atoms with Crippen LogP contribution in [0.2, 0.25) is 0 Å². The molecule has 0 radical (unpaired) electrons. The highest BCUT2D eigenvalue weighted by Gasteiger charge is 2.36. The predicted molar refractivity (Wildman–Crippen MR) is 114 cm³/mol. The molecule has 1 saturated heterocycles. The average Bonchev–Trinajstić information content (AvgIpc) is 3.11. The lowest BCUT2D eigenvalue weighted by Crippen LogP contribution is -2.28. The van der Waals surface area contributed by atoms with E-state index in [4.69, 9.17) is 4.74 Å². The fourth-order valence-corrected chi connectivity index (χ4v) is 3.61. The van der Waals surface area contributed by atoms with Gasteiger partial charge in [0.25, 0.3) is 5.91 Å². The number of hydrogen-bond acceptors (Lipinski definition) is 5. The highest BCUT2D eigenvalue weighted by molar-refractivity contribution is 7.98. The molecule has 0 aliphatic carbocycles. The van der Waals surface area contributed by atoms with Gasteiger partial charge in [0.1, 0.15) is 0 Å². The van der Waals surface area contributed by atoms with Crippen molar-refractivity contribution >= 4 is 40.9 Å². The van der Waals surface area contributed by atoms with E-state index >= 15 is 0 Å². The summed E-state index contributed by atoms with van der Waals surface area (Å²) in [5.74, 6) is -1.63. The molecular formula is C22H24N2O4S. The van der Waals surface area contributed by atoms with Gasteiger partial charge in [0.2, 0.25) is 5.91 Å². The van der Waals surface area contributed by atoms with Gasteiger partial charge in [0.15, 0.2) is 6.61 Å². The number of esters is 1. The molecular weight excluding hydrogens is 388 g/mol. The van der Waals surface area contributed by atoms with E-state index in [-0.39, 0.29) is 25.5 Å². The number of ether oxygens (including phenoxy) is 1. The van der Waals surface area contributed by atoms with E-state index in [1.807, 2.05) is 56.5 Å². The van der Waals surface area contributed by atoms with Crippen molar-refractivity contribution in [3.05, 3.63) is 53.6 Å². The number of hydrogen-bond donors (Lipinski definition) is 1. The Hall–Kier alpha value is -2.80. The van der Waals surface area contributed by atoms with Crippen molar-refractivity contribution in [2.45, 2.75) is 25.2 Å². The number of nitrogens with one attached hydrogen (secondary N) is 1. The molecule has 152 valence electrons. The van der Waals surface area contributed by atoms with Crippen molar-refractivity contribution in [2.24, 2.45) is 5.92 Å². The van der Waals surface area contributed by atoms with Gasteiger partial charge in [-0.15, -0.1) is 11.8 Å². The zero-order valence-corrected chi connectivity index (χ0v) is 17.5. The number of aryl methyl sites for hydroxylation is 1. The summed E-state index contributed by atoms with van der Waals surface area (Å²) in [5.41, 5.74) is 3.49. The van der Waals surface area contributed by atoms with E-state index in [9.17, 15) is 14.4 Å². The lowest BCUT2D eigenvalue weighted by molar-refractivity contribution is -0.151. The minimum absolute atomic E-state index is 0.0850. The quantitative estimate of drug-likeness (QED) is 0.580. The van der Waals surface area contributed by atoms with Crippen molar-refractivity contribution in [1.82, 2.24) is 0 Å². The smallest absolute Gasteiger partial charge is 0.311 e. The van der Waals surface area contributed by atoms with Crippen molar-refractivity contribution in [2.75, 3.05) is 29.6 Å². The van der Waals surface area contributed by atoms with Gasteiger partial charge in [0, 0.05) is 29.2 Å². The van der Waals surface area contributed by atoms with E-state index in [0.717, 1.165) is 21.7 Å². The van der Waals surface area contributed by atoms with Crippen molar-refractivity contribution in [1.29, 1.82) is 0 Å². The molecule has 2 amide bonds. The maximum Gasteiger partial charge on any atom is 0.311 e. The molecule has 0 bridgehead atoms. The summed E-state index contributed by atoms with van der Waals surface area (Å²) in [4.78, 5) is 39.5. The Bertz CT molecular complexity index is 927. The van der Waals surface area contributed by atoms with Crippen LogP contribution >= 0.6 is 11.8 Å². The molecule has 1 aliphatic rings. The summed E-state index contributed by atoms with van der Waals surface area (Å²) in [7, 11) is 0. The van der Waals surface area contributed by atoms with Gasteiger partial charge in [0.05, 0.1) is 5.92 Å². The third kappa shape index (κ3) is 4.98. The van der Waals surface area contributed by atoms with Crippen molar-refractivity contribution < 1.29 is 19.1 Å². The molecule has 3 rings (SSSR count). The predicted octanol–water partition coefficient (Wildman–Crippen LogP) is 3.56. The Labute approximate surface area is 174 Å². The topological polar surface area (TPSA) is 75.7 Å². The van der Waals surface area contributed by atoms with Gasteiger partial charge in [-0.05, 0) is 61.6 Å². The molecule has 0 spiro atoms. The molecule has 1 aliphatic heterocycles. The van der Waals surface area contributed by atoms with Gasteiger partial charge in [-0.2, -0.15) is 0 Å². The largest absolute Gasteiger partial charge is 0.455 e. The van der Waals surface area contributed by atoms with Crippen LogP contribution in [0, 0.1) is 19.8 Å². The number of nitrogens with zero attached hydrogens (tertiary/aromatic N) is 1. The Morgan fingerprint density at radius 2 is 1.90 bits per heavy atom. The summed E-state index contributed by atoms with van der Waals surface area (Å²) in [6, 6.07) is 13.2. The highest BCUT2D eigenvalue weighted by atomic mass is 32.2. The molecule has 0 aromatic heterocycles. The summed E-state index contributed by atoms with van der Waals surface area (Å²) in [6.07, 6.45) is 2.07. The third-order valence-electron chi connectivity index (χ3n) is 5.07. The van der Waals surface area contributed by atoms with Crippen LogP contribution in [0.1, 0.15) is 17.5 Å². The van der Waals surface area contributed by atoms with Crippen LogP contribution in [0.3, 0.4) is 0 Å². The highest BCUT2D eigenvalue weighted by Crippen LogP contribution is 2.27. The number of carbonyl (C=O) groups is 3. The van der Waals surface area contributed by atoms with Crippen LogP contribution in [0.5, 0.6) is 0 Å². The zero-order chi connectivity index (χ0) is 21.0. The van der Waals surface area contributed by atoms with Crippen molar-refractivity contribution in [3.63, 3.8) is 0 Å². The second-order valence-corrected chi connectivity index (χ2v) is 7.89. The fraction of sp³-hybridized carbons (Fsp3) is 0.318. The number of anilines is 2. The number of benzene rings is 2. The fourth-order valence-electron chi connectivity index (χ4n) is 3.20. The van der Waals surface area contributed by atoms with Crippen LogP contribution in [0.4, 0.5) is 11.4 Å². The average molecular weight is 413 g/mol.